The highest BCUT2D eigenvalue weighted by Crippen LogP contribution is 1.95. The summed E-state index contributed by atoms with van der Waals surface area (Å²) < 4.78 is 14.9. The molecular formula is C6H13NO3S. The molecule has 0 saturated heterocycles. The van der Waals surface area contributed by atoms with Crippen molar-refractivity contribution in [3.8, 4) is 0 Å². The smallest absolute Gasteiger partial charge is 0.322 e. The molecule has 0 aliphatic carbocycles. The van der Waals surface area contributed by atoms with Gasteiger partial charge in [-0.05, 0) is 0 Å². The Morgan fingerprint density at radius 1 is 1.82 bits per heavy atom. The Morgan fingerprint density at radius 2 is 2.36 bits per heavy atom. The minimum atomic E-state index is -0.892. The molecule has 0 aromatic carbocycles. The highest BCUT2D eigenvalue weighted by atomic mass is 32.2. The maximum atomic E-state index is 10.7. The molecule has 66 valence electrons. The highest BCUT2D eigenvalue weighted by Gasteiger charge is 2.14. The first-order valence-corrected chi connectivity index (χ1v) is 4.94. The van der Waals surface area contributed by atoms with Crippen molar-refractivity contribution in [1.82, 2.24) is 0 Å². The lowest BCUT2D eigenvalue weighted by Crippen LogP contribution is -2.33. The minimum absolute atomic E-state index is 0.412. The van der Waals surface area contributed by atoms with Crippen LogP contribution < -0.4 is 5.73 Å². The molecule has 11 heavy (non-hydrogen) atoms. The number of hydrogen-bond acceptors (Lipinski definition) is 4. The lowest BCUT2D eigenvalue weighted by atomic mass is 10.2. The van der Waals surface area contributed by atoms with E-state index in [0.29, 0.717) is 12.2 Å². The van der Waals surface area contributed by atoms with E-state index in [2.05, 4.69) is 4.74 Å². The molecule has 0 fully saturated rings. The topological polar surface area (TPSA) is 75.4 Å². The number of carbonyl (C=O) groups excluding carboxylic acids is 1. The number of hydrogen-bond donors (Lipinski definition) is 1. The molecule has 0 aliphatic heterocycles. The molecule has 4 nitrogen and oxygen atoms in total. The lowest BCUT2D eigenvalue weighted by Gasteiger charge is -2.09. The molecule has 1 unspecified atom stereocenters. The summed E-state index contributed by atoms with van der Waals surface area (Å²) in [5.41, 5.74) is 5.37. The number of methoxy groups -OCH3 is 1. The van der Waals surface area contributed by atoms with Crippen LogP contribution in [0.5, 0.6) is 0 Å². The van der Waals surface area contributed by atoms with E-state index >= 15 is 0 Å². The third kappa shape index (κ3) is 5.06. The van der Waals surface area contributed by atoms with Crippen LogP contribution in [0.3, 0.4) is 0 Å². The predicted molar refractivity (Wildman–Crippen MR) is 43.5 cm³/mol. The second-order valence-electron chi connectivity index (χ2n) is 2.20. The fraction of sp³-hybridized carbons (Fsp3) is 0.833. The number of nitrogens with two attached hydrogens (primary N) is 1. The van der Waals surface area contributed by atoms with Gasteiger partial charge in [0.15, 0.2) is 0 Å². The summed E-state index contributed by atoms with van der Waals surface area (Å²) in [6.07, 6.45) is 1.99. The van der Waals surface area contributed by atoms with E-state index in [-0.39, 0.29) is 0 Å². The molecule has 2 atom stereocenters. The van der Waals surface area contributed by atoms with Gasteiger partial charge in [0.05, 0.1) is 13.4 Å². The quantitative estimate of drug-likeness (QED) is 0.455. The van der Waals surface area contributed by atoms with Gasteiger partial charge in [-0.1, -0.05) is 11.2 Å². The molecule has 2 N–H and O–H groups in total. The third-order valence-electron chi connectivity index (χ3n) is 1.22. The van der Waals surface area contributed by atoms with Gasteiger partial charge in [0.1, 0.15) is 11.8 Å². The zero-order valence-electron chi connectivity index (χ0n) is 6.70. The van der Waals surface area contributed by atoms with Gasteiger partial charge in [-0.15, -0.1) is 0 Å². The number of carbonyl (C=O) groups is 1. The molecule has 5 heteroatoms. The molecule has 0 radical (unpaired) electrons. The Hall–Kier alpha value is -0.260. The van der Waals surface area contributed by atoms with Gasteiger partial charge in [-0.2, -0.15) is 0 Å². The van der Waals surface area contributed by atoms with Crippen molar-refractivity contribution in [3.05, 3.63) is 0 Å². The van der Waals surface area contributed by atoms with E-state index in [1.165, 1.54) is 7.11 Å². The van der Waals surface area contributed by atoms with Crippen molar-refractivity contribution in [2.45, 2.75) is 12.5 Å². The van der Waals surface area contributed by atoms with Crippen LogP contribution in [0.25, 0.3) is 0 Å². The first kappa shape index (κ1) is 10.7. The monoisotopic (exact) mass is 179 g/mol. The SMILES string of the molecule is COC(=O)[C@@H](N)CC[S+](C)[O-]. The summed E-state index contributed by atoms with van der Waals surface area (Å²) in [7, 11) is 1.28. The zero-order chi connectivity index (χ0) is 8.85. The van der Waals surface area contributed by atoms with Crippen LogP contribution >= 0.6 is 0 Å². The minimum Gasteiger partial charge on any atom is -0.617 e. The van der Waals surface area contributed by atoms with E-state index in [1.807, 2.05) is 0 Å². The van der Waals surface area contributed by atoms with Crippen molar-refractivity contribution in [2.75, 3.05) is 19.1 Å². The number of ether oxygens (including phenoxy) is 1. The number of esters is 1. The summed E-state index contributed by atoms with van der Waals surface area (Å²) in [4.78, 5) is 10.7. The van der Waals surface area contributed by atoms with E-state index < -0.39 is 23.2 Å². The van der Waals surface area contributed by atoms with Gasteiger partial charge >= 0.3 is 5.97 Å². The number of rotatable bonds is 4. The fourth-order valence-corrected chi connectivity index (χ4v) is 1.15. The molecular weight excluding hydrogens is 166 g/mol. The molecule has 0 amide bonds. The maximum absolute atomic E-state index is 10.7. The van der Waals surface area contributed by atoms with Crippen LogP contribution in [0.4, 0.5) is 0 Å². The summed E-state index contributed by atoms with van der Waals surface area (Å²) >= 11 is -0.892. The standard InChI is InChI=1S/C6H13NO3S/c1-10-6(8)5(7)3-4-11(2)9/h5H,3-4,7H2,1-2H3/t5-,11?/m0/s1. The van der Waals surface area contributed by atoms with E-state index in [9.17, 15) is 9.35 Å². The van der Waals surface area contributed by atoms with Gasteiger partial charge in [0, 0.05) is 6.42 Å². The summed E-state index contributed by atoms with van der Waals surface area (Å²) in [6.45, 7) is 0. The second kappa shape index (κ2) is 5.40. The Kier molecular flexibility index (Phi) is 5.27. The van der Waals surface area contributed by atoms with Crippen LogP contribution in [0.1, 0.15) is 6.42 Å². The third-order valence-corrected chi connectivity index (χ3v) is 2.03. The van der Waals surface area contributed by atoms with Crippen LogP contribution in [0.2, 0.25) is 0 Å². The highest BCUT2D eigenvalue weighted by molar-refractivity contribution is 7.90. The van der Waals surface area contributed by atoms with Gasteiger partial charge in [0.25, 0.3) is 0 Å². The van der Waals surface area contributed by atoms with Crippen molar-refractivity contribution in [3.63, 3.8) is 0 Å². The van der Waals surface area contributed by atoms with Crippen LogP contribution in [0.15, 0.2) is 0 Å². The fourth-order valence-electron chi connectivity index (χ4n) is 0.562. The molecule has 0 saturated carbocycles. The van der Waals surface area contributed by atoms with Crippen molar-refractivity contribution in [1.29, 1.82) is 0 Å². The molecule has 0 rings (SSSR count). The molecule has 0 aliphatic rings. The Balaban J connectivity index is 3.52. The Labute approximate surface area is 69.3 Å². The Bertz CT molecular complexity index is 129. The molecule has 0 heterocycles. The first-order valence-electron chi connectivity index (χ1n) is 3.21. The molecule has 0 aromatic rings. The molecule has 0 aromatic heterocycles. The maximum Gasteiger partial charge on any atom is 0.322 e. The zero-order valence-corrected chi connectivity index (χ0v) is 7.52. The predicted octanol–water partition coefficient (Wildman–Crippen LogP) is -0.745. The van der Waals surface area contributed by atoms with E-state index in [1.54, 1.807) is 6.26 Å². The van der Waals surface area contributed by atoms with E-state index in [0.717, 1.165) is 0 Å². The van der Waals surface area contributed by atoms with Crippen molar-refractivity contribution < 1.29 is 14.1 Å². The summed E-state index contributed by atoms with van der Waals surface area (Å²) in [5, 5.41) is 0. The largest absolute Gasteiger partial charge is 0.617 e. The van der Waals surface area contributed by atoms with Crippen molar-refractivity contribution in [2.24, 2.45) is 5.73 Å². The second-order valence-corrected chi connectivity index (χ2v) is 3.75. The average molecular weight is 179 g/mol. The van der Waals surface area contributed by atoms with Crippen molar-refractivity contribution >= 4 is 17.1 Å². The summed E-state index contributed by atoms with van der Waals surface area (Å²) in [5.74, 6) is -0.00792. The Morgan fingerprint density at radius 3 is 2.73 bits per heavy atom. The molecule has 0 spiro atoms. The van der Waals surface area contributed by atoms with Gasteiger partial charge < -0.3 is 15.0 Å². The average Bonchev–Trinajstić information content (AvgIpc) is 1.98. The van der Waals surface area contributed by atoms with Gasteiger partial charge in [0.2, 0.25) is 0 Å². The van der Waals surface area contributed by atoms with Crippen LogP contribution in [0, 0.1) is 0 Å². The van der Waals surface area contributed by atoms with Crippen LogP contribution in [-0.4, -0.2) is 35.7 Å². The molecule has 0 bridgehead atoms. The van der Waals surface area contributed by atoms with Crippen LogP contribution in [-0.2, 0) is 20.7 Å². The van der Waals surface area contributed by atoms with Gasteiger partial charge in [-0.3, -0.25) is 4.79 Å². The lowest BCUT2D eigenvalue weighted by molar-refractivity contribution is -0.142. The normalized spacial score (nSPS) is 15.6. The van der Waals surface area contributed by atoms with E-state index in [4.69, 9.17) is 5.73 Å². The van der Waals surface area contributed by atoms with Gasteiger partial charge in [-0.25, -0.2) is 0 Å². The summed E-state index contributed by atoms with van der Waals surface area (Å²) in [6, 6.07) is -0.635. The first-order chi connectivity index (χ1) is 5.07.